The van der Waals surface area contributed by atoms with Crippen molar-refractivity contribution in [3.63, 3.8) is 0 Å². The topological polar surface area (TPSA) is 16.4 Å². The fourth-order valence-corrected chi connectivity index (χ4v) is 11.2. The highest BCUT2D eigenvalue weighted by molar-refractivity contribution is 6.12. The zero-order valence-corrected chi connectivity index (χ0v) is 37.8. The van der Waals surface area contributed by atoms with E-state index in [0.717, 1.165) is 61.3 Å². The molecular weight excluding hydrogens is 835 g/mol. The van der Waals surface area contributed by atoms with E-state index in [1.54, 1.807) is 0 Å². The highest BCUT2D eigenvalue weighted by atomic mass is 16.3. The van der Waals surface area contributed by atoms with Crippen molar-refractivity contribution in [1.29, 1.82) is 0 Å². The quantitative estimate of drug-likeness (QED) is 0.144. The van der Waals surface area contributed by atoms with Crippen molar-refractivity contribution >= 4 is 39.0 Å². The molecule has 2 heteroatoms. The number of para-hydroxylation sites is 2. The van der Waals surface area contributed by atoms with Gasteiger partial charge in [-0.3, -0.25) is 0 Å². The SMILES string of the molecule is c1ccc(-c2ccccc2-c2ccc(N(c3ccc(-c4cccc5oc6ccccc6c45)cc3)c3ccccc3-c3cccc4c3-c3ccccc3C4(c3ccccc3)c3ccccc3)cc2)cc1. The highest BCUT2D eigenvalue weighted by Gasteiger charge is 2.47. The van der Waals surface area contributed by atoms with E-state index < -0.39 is 5.41 Å². The summed E-state index contributed by atoms with van der Waals surface area (Å²) in [5.74, 6) is 0. The number of anilines is 3. The zero-order chi connectivity index (χ0) is 45.7. The average Bonchev–Trinajstić information content (AvgIpc) is 3.97. The molecule has 0 saturated heterocycles. The summed E-state index contributed by atoms with van der Waals surface area (Å²) in [5, 5.41) is 2.26. The number of nitrogens with zero attached hydrogens (tertiary/aromatic N) is 1. The molecule has 0 saturated carbocycles. The van der Waals surface area contributed by atoms with E-state index in [9.17, 15) is 0 Å². The maximum atomic E-state index is 6.33. The number of furan rings is 1. The molecule has 69 heavy (non-hydrogen) atoms. The summed E-state index contributed by atoms with van der Waals surface area (Å²) in [4.78, 5) is 2.43. The molecule has 0 radical (unpaired) electrons. The summed E-state index contributed by atoms with van der Waals surface area (Å²) in [5.41, 5.74) is 21.5. The smallest absolute Gasteiger partial charge is 0.136 e. The average molecular weight is 880 g/mol. The van der Waals surface area contributed by atoms with Crippen LogP contribution in [0.1, 0.15) is 22.3 Å². The maximum Gasteiger partial charge on any atom is 0.136 e. The first-order chi connectivity index (χ1) is 34.3. The number of hydrogen-bond donors (Lipinski definition) is 0. The predicted molar refractivity (Wildman–Crippen MR) is 287 cm³/mol. The van der Waals surface area contributed by atoms with Gasteiger partial charge >= 0.3 is 0 Å². The molecule has 0 fully saturated rings. The Hall–Kier alpha value is -8.98. The van der Waals surface area contributed by atoms with Gasteiger partial charge in [0.1, 0.15) is 11.2 Å². The fourth-order valence-electron chi connectivity index (χ4n) is 11.2. The Labute approximate surface area is 402 Å². The van der Waals surface area contributed by atoms with Gasteiger partial charge in [0.05, 0.1) is 11.1 Å². The fraction of sp³-hybridized carbons (Fsp3) is 0.0149. The molecule has 1 aromatic heterocycles. The molecule has 2 nitrogen and oxygen atoms in total. The highest BCUT2D eigenvalue weighted by Crippen LogP contribution is 2.59. The first-order valence-electron chi connectivity index (χ1n) is 23.8. The van der Waals surface area contributed by atoms with Crippen LogP contribution < -0.4 is 4.90 Å². The van der Waals surface area contributed by atoms with Crippen molar-refractivity contribution in [2.75, 3.05) is 4.90 Å². The first kappa shape index (κ1) is 40.3. The summed E-state index contributed by atoms with van der Waals surface area (Å²) in [6.45, 7) is 0. The Morgan fingerprint density at radius 3 is 1.41 bits per heavy atom. The molecule has 0 N–H and O–H groups in total. The van der Waals surface area contributed by atoms with Crippen LogP contribution in [0.5, 0.6) is 0 Å². The monoisotopic (exact) mass is 879 g/mol. The second kappa shape index (κ2) is 16.7. The Morgan fingerprint density at radius 1 is 0.290 bits per heavy atom. The summed E-state index contributed by atoms with van der Waals surface area (Å²) in [6, 6.07) is 99.2. The van der Waals surface area contributed by atoms with Crippen molar-refractivity contribution < 1.29 is 4.42 Å². The second-order valence-corrected chi connectivity index (χ2v) is 17.9. The van der Waals surface area contributed by atoms with Gasteiger partial charge in [0.25, 0.3) is 0 Å². The van der Waals surface area contributed by atoms with Gasteiger partial charge in [-0.2, -0.15) is 0 Å². The van der Waals surface area contributed by atoms with E-state index in [1.807, 2.05) is 12.1 Å². The minimum absolute atomic E-state index is 0.510. The lowest BCUT2D eigenvalue weighted by Gasteiger charge is -2.34. The number of rotatable bonds is 9. The van der Waals surface area contributed by atoms with E-state index in [-0.39, 0.29) is 0 Å². The molecule has 13 rings (SSSR count). The third-order valence-electron chi connectivity index (χ3n) is 14.2. The molecule has 0 atom stereocenters. The Kier molecular flexibility index (Phi) is 9.77. The minimum atomic E-state index is -0.510. The molecule has 0 spiro atoms. The molecule has 12 aromatic rings. The third kappa shape index (κ3) is 6.56. The van der Waals surface area contributed by atoms with Gasteiger partial charge in [-0.25, -0.2) is 0 Å². The summed E-state index contributed by atoms with van der Waals surface area (Å²) < 4.78 is 6.33. The van der Waals surface area contributed by atoms with Crippen LogP contribution in [0.2, 0.25) is 0 Å². The molecule has 324 valence electrons. The van der Waals surface area contributed by atoms with Crippen molar-refractivity contribution in [2.45, 2.75) is 5.41 Å². The second-order valence-electron chi connectivity index (χ2n) is 17.9. The van der Waals surface area contributed by atoms with E-state index in [4.69, 9.17) is 4.42 Å². The summed E-state index contributed by atoms with van der Waals surface area (Å²) >= 11 is 0. The van der Waals surface area contributed by atoms with Crippen LogP contribution in [0.3, 0.4) is 0 Å². The lowest BCUT2D eigenvalue weighted by Crippen LogP contribution is -2.28. The largest absolute Gasteiger partial charge is 0.456 e. The summed E-state index contributed by atoms with van der Waals surface area (Å²) in [6.07, 6.45) is 0. The maximum absolute atomic E-state index is 6.33. The lowest BCUT2D eigenvalue weighted by molar-refractivity contribution is 0.669. The van der Waals surface area contributed by atoms with E-state index in [0.29, 0.717) is 0 Å². The van der Waals surface area contributed by atoms with Crippen LogP contribution in [0, 0.1) is 0 Å². The van der Waals surface area contributed by atoms with Gasteiger partial charge in [-0.15, -0.1) is 0 Å². The number of fused-ring (bicyclic) bond motifs is 6. The predicted octanol–water partition coefficient (Wildman–Crippen LogP) is 18.1. The van der Waals surface area contributed by atoms with Crippen LogP contribution in [-0.4, -0.2) is 0 Å². The van der Waals surface area contributed by atoms with Crippen molar-refractivity contribution in [1.82, 2.24) is 0 Å². The van der Waals surface area contributed by atoms with Gasteiger partial charge in [-0.05, 0) is 115 Å². The molecule has 0 unspecified atom stereocenters. The number of hydrogen-bond acceptors (Lipinski definition) is 2. The van der Waals surface area contributed by atoms with Crippen LogP contribution in [0.25, 0.3) is 77.6 Å². The van der Waals surface area contributed by atoms with Crippen LogP contribution >= 0.6 is 0 Å². The van der Waals surface area contributed by atoms with Crippen LogP contribution in [0.15, 0.2) is 277 Å². The van der Waals surface area contributed by atoms with E-state index in [2.05, 4.69) is 266 Å². The lowest BCUT2D eigenvalue weighted by atomic mass is 9.67. The first-order valence-corrected chi connectivity index (χ1v) is 23.8. The number of benzene rings is 11. The van der Waals surface area contributed by atoms with Gasteiger partial charge in [-0.1, -0.05) is 231 Å². The summed E-state index contributed by atoms with van der Waals surface area (Å²) in [7, 11) is 0. The van der Waals surface area contributed by atoms with Crippen LogP contribution in [-0.2, 0) is 5.41 Å². The Bertz CT molecular complexity index is 3780. The molecule has 11 aromatic carbocycles. The van der Waals surface area contributed by atoms with Crippen LogP contribution in [0.4, 0.5) is 17.1 Å². The van der Waals surface area contributed by atoms with Gasteiger partial charge < -0.3 is 9.32 Å². The normalized spacial score (nSPS) is 12.5. The van der Waals surface area contributed by atoms with E-state index in [1.165, 1.54) is 55.6 Å². The zero-order valence-electron chi connectivity index (χ0n) is 37.8. The molecule has 1 aliphatic rings. The van der Waals surface area contributed by atoms with Gasteiger partial charge in [0.2, 0.25) is 0 Å². The van der Waals surface area contributed by atoms with Crippen molar-refractivity contribution in [3.05, 3.63) is 295 Å². The third-order valence-corrected chi connectivity index (χ3v) is 14.2. The standard InChI is InChI=1S/C67H45NO/c1-4-20-46(21-5-1)53-26-10-11-27-54(53)47-38-42-51(43-39-47)68(52-44-40-48(41-45-52)55-31-19-37-64-66(55)59-30-14-17-36-63(59)69-64)62-35-16-13-28-56(62)57-32-18-34-61-65(57)58-29-12-15-33-60(58)67(61,49-22-6-2-7-23-49)50-24-8-3-9-25-50/h1-45H. The molecule has 0 aliphatic heterocycles. The van der Waals surface area contributed by atoms with Crippen molar-refractivity contribution in [2.24, 2.45) is 0 Å². The molecule has 1 aliphatic carbocycles. The molecule has 0 amide bonds. The molecule has 1 heterocycles. The Morgan fingerprint density at radius 2 is 0.739 bits per heavy atom. The molecular formula is C67H45NO. The van der Waals surface area contributed by atoms with Gasteiger partial charge in [0.15, 0.2) is 0 Å². The van der Waals surface area contributed by atoms with E-state index >= 15 is 0 Å². The Balaban J connectivity index is 1.00. The van der Waals surface area contributed by atoms with Crippen molar-refractivity contribution in [3.8, 4) is 55.6 Å². The van der Waals surface area contributed by atoms with Gasteiger partial charge in [0, 0.05) is 27.7 Å². The minimum Gasteiger partial charge on any atom is -0.456 e. The molecule has 0 bridgehead atoms.